The number of esters is 4. The van der Waals surface area contributed by atoms with Crippen LogP contribution in [0, 0.1) is 5.41 Å². The van der Waals surface area contributed by atoms with E-state index in [4.69, 9.17) is 23.7 Å². The van der Waals surface area contributed by atoms with Crippen molar-refractivity contribution >= 4 is 23.9 Å². The van der Waals surface area contributed by atoms with Crippen LogP contribution >= 0.6 is 0 Å². The molecule has 0 aromatic carbocycles. The molecule has 0 saturated carbocycles. The molecule has 0 aliphatic carbocycles. The minimum atomic E-state index is -1.03. The predicted octanol–water partition coefficient (Wildman–Crippen LogP) is 14.5. The number of hydrogen-bond acceptors (Lipinski definition) is 10. The largest absolute Gasteiger partial charge is 0.461 e. The molecule has 0 radical (unpaired) electrons. The van der Waals surface area contributed by atoms with Gasteiger partial charge < -0.3 is 28.6 Å². The fourth-order valence-electron chi connectivity index (χ4n) is 9.48. The van der Waals surface area contributed by atoms with E-state index in [9.17, 15) is 19.2 Å². The summed E-state index contributed by atoms with van der Waals surface area (Å²) in [6.45, 7) is 10.0. The number of rotatable bonds is 43. The Balaban J connectivity index is 2.04. The van der Waals surface area contributed by atoms with Crippen LogP contribution in [0.2, 0.25) is 0 Å². The van der Waals surface area contributed by atoms with Gasteiger partial charge in [0.15, 0.2) is 18.3 Å². The van der Waals surface area contributed by atoms with Crippen LogP contribution in [0.25, 0.3) is 0 Å². The molecule has 2 saturated heterocycles. The second-order valence-electron chi connectivity index (χ2n) is 20.6. The number of ether oxygens (including phenoxy) is 5. The summed E-state index contributed by atoms with van der Waals surface area (Å²) in [5.74, 6) is -1.47. The van der Waals surface area contributed by atoms with Gasteiger partial charge in [-0.3, -0.25) is 19.2 Å². The Morgan fingerprint density at radius 1 is 0.515 bits per heavy atom. The standard InChI is InChI=1S/C56H103NO9/c1-6-9-12-15-18-21-24-27-30-33-36-39-50(58)64-48(47-63-55(61)56(4)42-44-57(5)45-43-56)53-54(66-52(60)41-38-35-32-29-26-23-20-17-14-11-8-3)49(46-62-53)65-51(59)40-37-34-31-28-25-22-19-16-13-10-7-2/h48-49,53-54H,6-47H2,1-5H3/t48-,49+,53?,54-/m1/s1. The van der Waals surface area contributed by atoms with Crippen LogP contribution in [0.1, 0.15) is 272 Å². The second kappa shape index (κ2) is 39.6. The van der Waals surface area contributed by atoms with Gasteiger partial charge in [0.25, 0.3) is 0 Å². The highest BCUT2D eigenvalue weighted by Gasteiger charge is 2.49. The zero-order valence-electron chi connectivity index (χ0n) is 43.6. The summed E-state index contributed by atoms with van der Waals surface area (Å²) in [6.07, 6.45) is 37.1. The molecule has 0 aromatic rings. The SMILES string of the molecule is CCCCCCCCCCCCCC(=O)O[C@H]1COC([C@@H](COC(=O)C2(C)CCN(C)CC2)OC(=O)CCCCCCCCCCCCC)[C@@H]1OC(=O)CCCCCCCCCCCCC. The third-order valence-corrected chi connectivity index (χ3v) is 14.3. The normalized spacial score (nSPS) is 18.8. The van der Waals surface area contributed by atoms with E-state index < -0.39 is 35.8 Å². The third-order valence-electron chi connectivity index (χ3n) is 14.3. The summed E-state index contributed by atoms with van der Waals surface area (Å²) in [5, 5.41) is 0. The summed E-state index contributed by atoms with van der Waals surface area (Å²) >= 11 is 0. The van der Waals surface area contributed by atoms with E-state index in [-0.39, 0.29) is 50.4 Å². The molecule has 0 spiro atoms. The van der Waals surface area contributed by atoms with Gasteiger partial charge in [-0.1, -0.05) is 213 Å². The number of likely N-dealkylation sites (tertiary alicyclic amines) is 1. The van der Waals surface area contributed by atoms with Crippen molar-refractivity contribution in [1.82, 2.24) is 4.90 Å². The molecule has 4 atom stereocenters. The van der Waals surface area contributed by atoms with Crippen LogP contribution in [0.4, 0.5) is 0 Å². The van der Waals surface area contributed by atoms with Gasteiger partial charge in [0.05, 0.1) is 12.0 Å². The molecule has 10 heteroatoms. The first-order chi connectivity index (χ1) is 32.1. The van der Waals surface area contributed by atoms with Crippen molar-refractivity contribution in [1.29, 1.82) is 0 Å². The van der Waals surface area contributed by atoms with Gasteiger partial charge in [0.2, 0.25) is 0 Å². The third kappa shape index (κ3) is 29.0. The Morgan fingerprint density at radius 3 is 1.26 bits per heavy atom. The monoisotopic (exact) mass is 934 g/mol. The topological polar surface area (TPSA) is 118 Å². The van der Waals surface area contributed by atoms with E-state index in [1.54, 1.807) is 0 Å². The number of nitrogens with zero attached hydrogens (tertiary/aromatic N) is 1. The number of unbranched alkanes of at least 4 members (excludes halogenated alkanes) is 30. The lowest BCUT2D eigenvalue weighted by Gasteiger charge is -2.36. The van der Waals surface area contributed by atoms with Crippen molar-refractivity contribution in [3.05, 3.63) is 0 Å². The minimum Gasteiger partial charge on any atom is -0.461 e. The van der Waals surface area contributed by atoms with E-state index in [0.717, 1.165) is 64.5 Å². The molecule has 66 heavy (non-hydrogen) atoms. The number of hydrogen-bond donors (Lipinski definition) is 0. The van der Waals surface area contributed by atoms with Crippen LogP contribution in [0.5, 0.6) is 0 Å². The quantitative estimate of drug-likeness (QED) is 0.0332. The summed E-state index contributed by atoms with van der Waals surface area (Å²) in [5.41, 5.74) is -0.653. The molecule has 2 aliphatic heterocycles. The number of carbonyl (C=O) groups excluding carboxylic acids is 4. The minimum absolute atomic E-state index is 0.00426. The maximum absolute atomic E-state index is 13.6. The van der Waals surface area contributed by atoms with Gasteiger partial charge in [-0.25, -0.2) is 0 Å². The highest BCUT2D eigenvalue weighted by Crippen LogP contribution is 2.33. The van der Waals surface area contributed by atoms with Crippen LogP contribution in [0.15, 0.2) is 0 Å². The maximum Gasteiger partial charge on any atom is 0.312 e. The van der Waals surface area contributed by atoms with Crippen molar-refractivity contribution in [2.75, 3.05) is 33.4 Å². The number of piperidine rings is 1. The molecule has 386 valence electrons. The zero-order valence-corrected chi connectivity index (χ0v) is 43.6. The van der Waals surface area contributed by atoms with Gasteiger partial charge in [-0.2, -0.15) is 0 Å². The molecular weight excluding hydrogens is 831 g/mol. The van der Waals surface area contributed by atoms with Gasteiger partial charge >= 0.3 is 23.9 Å². The average Bonchev–Trinajstić information content (AvgIpc) is 3.69. The van der Waals surface area contributed by atoms with Crippen LogP contribution in [-0.4, -0.2) is 86.5 Å². The highest BCUT2D eigenvalue weighted by atomic mass is 16.7. The molecule has 2 heterocycles. The van der Waals surface area contributed by atoms with Gasteiger partial charge in [-0.05, 0) is 59.2 Å². The summed E-state index contributed by atoms with van der Waals surface area (Å²) < 4.78 is 30.5. The van der Waals surface area contributed by atoms with Gasteiger partial charge in [-0.15, -0.1) is 0 Å². The van der Waals surface area contributed by atoms with Crippen LogP contribution < -0.4 is 0 Å². The smallest absolute Gasteiger partial charge is 0.312 e. The Hall–Kier alpha value is -2.20. The van der Waals surface area contributed by atoms with Crippen molar-refractivity contribution in [3.63, 3.8) is 0 Å². The van der Waals surface area contributed by atoms with E-state index in [2.05, 4.69) is 25.7 Å². The summed E-state index contributed by atoms with van der Waals surface area (Å²) in [6, 6.07) is 0. The Labute approximate surface area is 405 Å². The van der Waals surface area contributed by atoms with Crippen LogP contribution in [0.3, 0.4) is 0 Å². The molecule has 0 amide bonds. The molecular formula is C56H103NO9. The molecule has 0 aromatic heterocycles. The molecule has 2 rings (SSSR count). The first kappa shape index (κ1) is 59.9. The lowest BCUT2D eigenvalue weighted by Crippen LogP contribution is -2.48. The Bertz CT molecular complexity index is 1220. The van der Waals surface area contributed by atoms with Gasteiger partial charge in [0, 0.05) is 19.3 Å². The van der Waals surface area contributed by atoms with Gasteiger partial charge in [0.1, 0.15) is 12.7 Å². The van der Waals surface area contributed by atoms with E-state index in [0.29, 0.717) is 25.7 Å². The van der Waals surface area contributed by atoms with E-state index in [1.165, 1.54) is 148 Å². The lowest BCUT2D eigenvalue weighted by atomic mass is 9.80. The molecule has 1 unspecified atom stereocenters. The fourth-order valence-corrected chi connectivity index (χ4v) is 9.48. The zero-order chi connectivity index (χ0) is 47.9. The molecule has 2 aliphatic rings. The fraction of sp³-hybridized carbons (Fsp3) is 0.929. The van der Waals surface area contributed by atoms with E-state index >= 15 is 0 Å². The van der Waals surface area contributed by atoms with E-state index in [1.807, 2.05) is 14.0 Å². The highest BCUT2D eigenvalue weighted by molar-refractivity contribution is 5.76. The van der Waals surface area contributed by atoms with Crippen molar-refractivity contribution in [2.45, 2.75) is 296 Å². The predicted molar refractivity (Wildman–Crippen MR) is 268 cm³/mol. The Morgan fingerprint density at radius 2 is 0.864 bits per heavy atom. The Kier molecular flexibility index (Phi) is 36.0. The van der Waals surface area contributed by atoms with Crippen molar-refractivity contribution in [3.8, 4) is 0 Å². The summed E-state index contributed by atoms with van der Waals surface area (Å²) in [7, 11) is 2.05. The molecule has 0 bridgehead atoms. The first-order valence-electron chi connectivity index (χ1n) is 28.2. The summed E-state index contributed by atoms with van der Waals surface area (Å²) in [4.78, 5) is 56.1. The number of carbonyl (C=O) groups is 4. The maximum atomic E-state index is 13.6. The van der Waals surface area contributed by atoms with Crippen molar-refractivity contribution < 1.29 is 42.9 Å². The lowest BCUT2D eigenvalue weighted by molar-refractivity contribution is -0.182. The van der Waals surface area contributed by atoms with Crippen molar-refractivity contribution in [2.24, 2.45) is 5.41 Å². The molecule has 2 fully saturated rings. The average molecular weight is 934 g/mol. The molecule has 0 N–H and O–H groups in total. The first-order valence-corrected chi connectivity index (χ1v) is 28.2. The molecule has 10 nitrogen and oxygen atoms in total. The van der Waals surface area contributed by atoms with Crippen LogP contribution in [-0.2, 0) is 42.9 Å². The second-order valence-corrected chi connectivity index (χ2v) is 20.6.